The quantitative estimate of drug-likeness (QED) is 0.909. The molecular formula is C14H14Cl2FN3O. The van der Waals surface area contributed by atoms with Crippen molar-refractivity contribution >= 4 is 28.9 Å². The van der Waals surface area contributed by atoms with Crippen molar-refractivity contribution in [1.29, 1.82) is 0 Å². The standard InChI is InChI=1S/C14H14Cl2FN3O/c1-2-5-20-14(21)13(16)12(8-19-20)18-7-9-3-4-11(17)10(15)6-9/h3-4,6,8,18H,2,5,7H2,1H3. The third kappa shape index (κ3) is 3.74. The van der Waals surface area contributed by atoms with Gasteiger partial charge in [-0.25, -0.2) is 9.07 Å². The Morgan fingerprint density at radius 3 is 2.81 bits per heavy atom. The van der Waals surface area contributed by atoms with Crippen LogP contribution in [0.2, 0.25) is 10.0 Å². The van der Waals surface area contributed by atoms with Crippen LogP contribution in [-0.2, 0) is 13.1 Å². The van der Waals surface area contributed by atoms with Crippen molar-refractivity contribution in [2.75, 3.05) is 5.32 Å². The Bertz CT molecular complexity index is 703. The summed E-state index contributed by atoms with van der Waals surface area (Å²) >= 11 is 11.7. The van der Waals surface area contributed by atoms with E-state index < -0.39 is 5.82 Å². The van der Waals surface area contributed by atoms with Crippen LogP contribution in [0, 0.1) is 5.82 Å². The molecule has 0 unspecified atom stereocenters. The van der Waals surface area contributed by atoms with Gasteiger partial charge in [0, 0.05) is 13.1 Å². The second kappa shape index (κ2) is 6.91. The summed E-state index contributed by atoms with van der Waals surface area (Å²) in [4.78, 5) is 11.9. The van der Waals surface area contributed by atoms with Gasteiger partial charge in [-0.05, 0) is 24.1 Å². The van der Waals surface area contributed by atoms with Gasteiger partial charge >= 0.3 is 0 Å². The van der Waals surface area contributed by atoms with Gasteiger partial charge in [-0.15, -0.1) is 0 Å². The molecule has 7 heteroatoms. The lowest BCUT2D eigenvalue weighted by Crippen LogP contribution is -2.24. The van der Waals surface area contributed by atoms with Crippen molar-refractivity contribution in [2.24, 2.45) is 0 Å². The van der Waals surface area contributed by atoms with Gasteiger partial charge in [-0.2, -0.15) is 5.10 Å². The molecule has 0 saturated carbocycles. The lowest BCUT2D eigenvalue weighted by atomic mass is 10.2. The van der Waals surface area contributed by atoms with E-state index in [1.807, 2.05) is 6.92 Å². The lowest BCUT2D eigenvalue weighted by molar-refractivity contribution is 0.568. The number of rotatable bonds is 5. The molecule has 0 aliphatic rings. The first-order valence-corrected chi connectivity index (χ1v) is 7.22. The largest absolute Gasteiger partial charge is 0.378 e. The molecule has 0 saturated heterocycles. The summed E-state index contributed by atoms with van der Waals surface area (Å²) < 4.78 is 14.4. The predicted octanol–water partition coefficient (Wildman–Crippen LogP) is 3.71. The van der Waals surface area contributed by atoms with Crippen molar-refractivity contribution in [3.63, 3.8) is 0 Å². The third-order valence-electron chi connectivity index (χ3n) is 2.89. The summed E-state index contributed by atoms with van der Waals surface area (Å²) in [6.07, 6.45) is 2.30. The molecular weight excluding hydrogens is 316 g/mol. The Morgan fingerprint density at radius 1 is 1.38 bits per heavy atom. The molecule has 21 heavy (non-hydrogen) atoms. The number of halogens is 3. The summed E-state index contributed by atoms with van der Waals surface area (Å²) in [5.74, 6) is -0.470. The lowest BCUT2D eigenvalue weighted by Gasteiger charge is -2.10. The van der Waals surface area contributed by atoms with Crippen molar-refractivity contribution in [3.8, 4) is 0 Å². The molecule has 1 aromatic carbocycles. The first kappa shape index (κ1) is 15.8. The second-order valence-corrected chi connectivity index (χ2v) is 5.29. The number of hydrogen-bond acceptors (Lipinski definition) is 3. The fraction of sp³-hybridized carbons (Fsp3) is 0.286. The first-order chi connectivity index (χ1) is 10.0. The first-order valence-electron chi connectivity index (χ1n) is 6.46. The SMILES string of the molecule is CCCn1ncc(NCc2ccc(F)c(Cl)c2)c(Cl)c1=O. The second-order valence-electron chi connectivity index (χ2n) is 4.50. The highest BCUT2D eigenvalue weighted by Crippen LogP contribution is 2.19. The Balaban J connectivity index is 2.15. The van der Waals surface area contributed by atoms with Crippen molar-refractivity contribution in [1.82, 2.24) is 9.78 Å². The average molecular weight is 330 g/mol. The van der Waals surface area contributed by atoms with Gasteiger partial charge in [0.1, 0.15) is 10.8 Å². The molecule has 2 aromatic rings. The van der Waals surface area contributed by atoms with Gasteiger partial charge in [0.15, 0.2) is 0 Å². The van der Waals surface area contributed by atoms with Gasteiger partial charge in [0.2, 0.25) is 0 Å². The summed E-state index contributed by atoms with van der Waals surface area (Å²) in [6, 6.07) is 4.41. The van der Waals surface area contributed by atoms with Crippen LogP contribution >= 0.6 is 23.2 Å². The summed E-state index contributed by atoms with van der Waals surface area (Å²) in [6.45, 7) is 2.83. The molecule has 0 aliphatic carbocycles. The van der Waals surface area contributed by atoms with E-state index in [4.69, 9.17) is 23.2 Å². The molecule has 112 valence electrons. The Kier molecular flexibility index (Phi) is 5.20. The number of benzene rings is 1. The molecule has 4 nitrogen and oxygen atoms in total. The monoisotopic (exact) mass is 329 g/mol. The number of aromatic nitrogens is 2. The molecule has 0 fully saturated rings. The number of nitrogens with one attached hydrogen (secondary N) is 1. The molecule has 2 rings (SSSR count). The fourth-order valence-corrected chi connectivity index (χ4v) is 2.22. The average Bonchev–Trinajstić information content (AvgIpc) is 2.47. The van der Waals surface area contributed by atoms with Crippen LogP contribution in [0.3, 0.4) is 0 Å². The van der Waals surface area contributed by atoms with Crippen LogP contribution < -0.4 is 10.9 Å². The molecule has 1 heterocycles. The number of anilines is 1. The van der Waals surface area contributed by atoms with Crippen molar-refractivity contribution in [2.45, 2.75) is 26.4 Å². The molecule has 0 radical (unpaired) electrons. The zero-order chi connectivity index (χ0) is 15.4. The topological polar surface area (TPSA) is 46.9 Å². The van der Waals surface area contributed by atoms with Crippen molar-refractivity contribution in [3.05, 3.63) is 56.2 Å². The van der Waals surface area contributed by atoms with Crippen LogP contribution in [-0.4, -0.2) is 9.78 Å². The van der Waals surface area contributed by atoms with E-state index in [2.05, 4.69) is 10.4 Å². The molecule has 1 aromatic heterocycles. The van der Waals surface area contributed by atoms with Crippen LogP contribution in [0.15, 0.2) is 29.2 Å². The summed E-state index contributed by atoms with van der Waals surface area (Å²) in [7, 11) is 0. The van der Waals surface area contributed by atoms with Gasteiger partial charge in [-0.3, -0.25) is 4.79 Å². The maximum absolute atomic E-state index is 13.1. The Labute approximate surface area is 131 Å². The molecule has 0 atom stereocenters. The van der Waals surface area contributed by atoms with Crippen LogP contribution in [0.5, 0.6) is 0 Å². The zero-order valence-electron chi connectivity index (χ0n) is 11.4. The highest BCUT2D eigenvalue weighted by Gasteiger charge is 2.09. The van der Waals surface area contributed by atoms with E-state index in [0.717, 1.165) is 12.0 Å². The minimum absolute atomic E-state index is 0.0527. The highest BCUT2D eigenvalue weighted by atomic mass is 35.5. The molecule has 0 bridgehead atoms. The zero-order valence-corrected chi connectivity index (χ0v) is 12.9. The van der Waals surface area contributed by atoms with E-state index in [1.54, 1.807) is 6.07 Å². The molecule has 0 amide bonds. The minimum atomic E-state index is -0.470. The van der Waals surface area contributed by atoms with E-state index in [9.17, 15) is 9.18 Å². The maximum Gasteiger partial charge on any atom is 0.287 e. The summed E-state index contributed by atoms with van der Waals surface area (Å²) in [5.41, 5.74) is 0.880. The number of aryl methyl sites for hydroxylation is 1. The van der Waals surface area contributed by atoms with Crippen LogP contribution in [0.1, 0.15) is 18.9 Å². The number of nitrogens with zero attached hydrogens (tertiary/aromatic N) is 2. The van der Waals surface area contributed by atoms with E-state index in [1.165, 1.54) is 23.0 Å². The number of hydrogen-bond donors (Lipinski definition) is 1. The van der Waals surface area contributed by atoms with Crippen LogP contribution in [0.25, 0.3) is 0 Å². The minimum Gasteiger partial charge on any atom is -0.378 e. The molecule has 0 aliphatic heterocycles. The smallest absolute Gasteiger partial charge is 0.287 e. The van der Waals surface area contributed by atoms with Gasteiger partial charge < -0.3 is 5.32 Å². The Hall–Kier alpha value is -1.59. The molecule has 1 N–H and O–H groups in total. The highest BCUT2D eigenvalue weighted by molar-refractivity contribution is 6.33. The third-order valence-corrected chi connectivity index (χ3v) is 3.54. The van der Waals surface area contributed by atoms with E-state index in [0.29, 0.717) is 18.8 Å². The normalized spacial score (nSPS) is 10.7. The van der Waals surface area contributed by atoms with Crippen LogP contribution in [0.4, 0.5) is 10.1 Å². The predicted molar refractivity (Wildman–Crippen MR) is 82.5 cm³/mol. The van der Waals surface area contributed by atoms with Gasteiger partial charge in [-0.1, -0.05) is 36.2 Å². The van der Waals surface area contributed by atoms with Gasteiger partial charge in [0.05, 0.1) is 16.9 Å². The Morgan fingerprint density at radius 2 is 2.14 bits per heavy atom. The maximum atomic E-state index is 13.1. The van der Waals surface area contributed by atoms with E-state index in [-0.39, 0.29) is 15.6 Å². The van der Waals surface area contributed by atoms with E-state index >= 15 is 0 Å². The molecule has 0 spiro atoms. The van der Waals surface area contributed by atoms with Crippen molar-refractivity contribution < 1.29 is 4.39 Å². The fourth-order valence-electron chi connectivity index (χ4n) is 1.81. The summed E-state index contributed by atoms with van der Waals surface area (Å²) in [5, 5.41) is 7.18. The van der Waals surface area contributed by atoms with Gasteiger partial charge in [0.25, 0.3) is 5.56 Å².